The van der Waals surface area contributed by atoms with Gasteiger partial charge in [0.15, 0.2) is 0 Å². The summed E-state index contributed by atoms with van der Waals surface area (Å²) in [5, 5.41) is 1.32. The molecule has 0 aliphatic heterocycles. The molecule has 2 heteroatoms. The highest BCUT2D eigenvalue weighted by Gasteiger charge is 2.13. The van der Waals surface area contributed by atoms with Crippen molar-refractivity contribution in [1.29, 1.82) is 0 Å². The van der Waals surface area contributed by atoms with Crippen LogP contribution in [0, 0.1) is 15.4 Å². The lowest BCUT2D eigenvalue weighted by molar-refractivity contribution is 1.61. The first-order valence-electron chi connectivity index (χ1n) is 7.66. The quantitative estimate of drug-likeness (QED) is 0.234. The molecule has 3 aromatic carbocycles. The predicted octanol–water partition coefficient (Wildman–Crippen LogP) is 6.57. The van der Waals surface area contributed by atoms with Gasteiger partial charge in [0.2, 0.25) is 0 Å². The SMILES string of the molecule is Ic1c(-c2ccccc2C#Cc2ccccc2)sc2ccccc12. The van der Waals surface area contributed by atoms with Gasteiger partial charge in [-0.2, -0.15) is 0 Å². The van der Waals surface area contributed by atoms with E-state index in [1.807, 2.05) is 41.7 Å². The van der Waals surface area contributed by atoms with Crippen molar-refractivity contribution < 1.29 is 0 Å². The van der Waals surface area contributed by atoms with E-state index >= 15 is 0 Å². The van der Waals surface area contributed by atoms with Crippen LogP contribution in [0.25, 0.3) is 20.5 Å². The van der Waals surface area contributed by atoms with Crippen molar-refractivity contribution in [3.63, 3.8) is 0 Å². The molecule has 0 N–H and O–H groups in total. The molecule has 0 atom stereocenters. The molecule has 0 amide bonds. The molecule has 0 nitrogen and oxygen atoms in total. The van der Waals surface area contributed by atoms with Crippen molar-refractivity contribution in [3.05, 3.63) is 93.6 Å². The highest BCUT2D eigenvalue weighted by Crippen LogP contribution is 2.40. The van der Waals surface area contributed by atoms with Crippen LogP contribution in [0.2, 0.25) is 0 Å². The molecule has 0 aliphatic carbocycles. The van der Waals surface area contributed by atoms with Gasteiger partial charge in [-0.3, -0.25) is 0 Å². The maximum atomic E-state index is 3.35. The largest absolute Gasteiger partial charge is 0.134 e. The minimum absolute atomic E-state index is 1.04. The summed E-state index contributed by atoms with van der Waals surface area (Å²) in [6.07, 6.45) is 0. The normalized spacial score (nSPS) is 10.4. The summed E-state index contributed by atoms with van der Waals surface area (Å²) in [6, 6.07) is 27.1. The molecule has 0 unspecified atom stereocenters. The van der Waals surface area contributed by atoms with Gasteiger partial charge in [0.1, 0.15) is 0 Å². The topological polar surface area (TPSA) is 0 Å². The highest BCUT2D eigenvalue weighted by molar-refractivity contribution is 14.1. The smallest absolute Gasteiger partial charge is 0.0501 e. The van der Waals surface area contributed by atoms with Crippen LogP contribution in [-0.4, -0.2) is 0 Å². The molecule has 1 aromatic heterocycles. The summed E-state index contributed by atoms with van der Waals surface area (Å²) < 4.78 is 2.63. The van der Waals surface area contributed by atoms with E-state index in [9.17, 15) is 0 Å². The first kappa shape index (κ1) is 15.4. The molecule has 4 rings (SSSR count). The monoisotopic (exact) mass is 436 g/mol. The van der Waals surface area contributed by atoms with E-state index in [0.29, 0.717) is 0 Å². The van der Waals surface area contributed by atoms with Crippen molar-refractivity contribution in [2.75, 3.05) is 0 Å². The number of hydrogen-bond acceptors (Lipinski definition) is 1. The second-order valence-electron chi connectivity index (χ2n) is 5.40. The number of rotatable bonds is 1. The van der Waals surface area contributed by atoms with Crippen LogP contribution in [0.1, 0.15) is 11.1 Å². The average molecular weight is 436 g/mol. The third-order valence-corrected chi connectivity index (χ3v) is 6.51. The Balaban J connectivity index is 1.85. The Morgan fingerprint density at radius 2 is 1.42 bits per heavy atom. The highest BCUT2D eigenvalue weighted by atomic mass is 127. The first-order valence-corrected chi connectivity index (χ1v) is 9.56. The van der Waals surface area contributed by atoms with Crippen LogP contribution in [0.3, 0.4) is 0 Å². The molecular weight excluding hydrogens is 423 g/mol. The van der Waals surface area contributed by atoms with E-state index in [2.05, 4.69) is 83.0 Å². The molecule has 0 saturated carbocycles. The van der Waals surface area contributed by atoms with Crippen LogP contribution in [-0.2, 0) is 0 Å². The number of fused-ring (bicyclic) bond motifs is 1. The zero-order chi connectivity index (χ0) is 16.4. The number of hydrogen-bond donors (Lipinski definition) is 0. The second kappa shape index (κ2) is 6.80. The van der Waals surface area contributed by atoms with Gasteiger partial charge in [0, 0.05) is 30.3 Å². The van der Waals surface area contributed by atoms with Crippen molar-refractivity contribution in [2.24, 2.45) is 0 Å². The lowest BCUT2D eigenvalue weighted by Gasteiger charge is -2.02. The molecule has 114 valence electrons. The number of halogens is 1. The second-order valence-corrected chi connectivity index (χ2v) is 7.53. The fourth-order valence-electron chi connectivity index (χ4n) is 2.64. The standard InChI is InChI=1S/C22H13IS/c23-21-19-12-6-7-13-20(19)24-22(21)18-11-5-4-10-17(18)15-14-16-8-2-1-3-9-16/h1-13H. The van der Waals surface area contributed by atoms with Crippen molar-refractivity contribution in [2.45, 2.75) is 0 Å². The summed E-state index contributed by atoms with van der Waals surface area (Å²) >= 11 is 4.29. The Hall–Kier alpha value is -2.09. The van der Waals surface area contributed by atoms with Crippen LogP contribution in [0.15, 0.2) is 78.9 Å². The van der Waals surface area contributed by atoms with Gasteiger partial charge in [0.05, 0.1) is 4.88 Å². The van der Waals surface area contributed by atoms with Gasteiger partial charge in [0.25, 0.3) is 0 Å². The summed E-state index contributed by atoms with van der Waals surface area (Å²) in [4.78, 5) is 1.30. The molecule has 0 aliphatic rings. The van der Waals surface area contributed by atoms with Crippen molar-refractivity contribution >= 4 is 44.0 Å². The van der Waals surface area contributed by atoms with Gasteiger partial charge >= 0.3 is 0 Å². The lowest BCUT2D eigenvalue weighted by atomic mass is 10.1. The van der Waals surface area contributed by atoms with E-state index in [1.165, 1.54) is 24.1 Å². The van der Waals surface area contributed by atoms with Crippen LogP contribution >= 0.6 is 33.9 Å². The molecule has 1 heterocycles. The van der Waals surface area contributed by atoms with Crippen molar-refractivity contribution in [1.82, 2.24) is 0 Å². The fourth-order valence-corrected chi connectivity index (χ4v) is 5.05. The van der Waals surface area contributed by atoms with Crippen LogP contribution in [0.4, 0.5) is 0 Å². The Labute approximate surface area is 159 Å². The lowest BCUT2D eigenvalue weighted by Crippen LogP contribution is -1.83. The van der Waals surface area contributed by atoms with Gasteiger partial charge in [-0.25, -0.2) is 0 Å². The summed E-state index contributed by atoms with van der Waals surface area (Å²) in [5.74, 6) is 6.63. The molecule has 0 spiro atoms. The average Bonchev–Trinajstić information content (AvgIpc) is 2.98. The molecular formula is C22H13IS. The Kier molecular flexibility index (Phi) is 4.38. The van der Waals surface area contributed by atoms with E-state index in [0.717, 1.165) is 11.1 Å². The molecule has 0 bridgehead atoms. The van der Waals surface area contributed by atoms with E-state index in [1.54, 1.807) is 0 Å². The van der Waals surface area contributed by atoms with Crippen LogP contribution in [0.5, 0.6) is 0 Å². The molecule has 0 fully saturated rings. The summed E-state index contributed by atoms with van der Waals surface area (Å²) in [6.45, 7) is 0. The maximum absolute atomic E-state index is 3.35. The maximum Gasteiger partial charge on any atom is 0.0501 e. The minimum atomic E-state index is 1.04. The molecule has 0 radical (unpaired) electrons. The Morgan fingerprint density at radius 1 is 0.708 bits per heavy atom. The Bertz CT molecular complexity index is 1070. The molecule has 4 aromatic rings. The van der Waals surface area contributed by atoms with Gasteiger partial charge in [-0.15, -0.1) is 11.3 Å². The van der Waals surface area contributed by atoms with Crippen molar-refractivity contribution in [3.8, 4) is 22.3 Å². The fraction of sp³-hybridized carbons (Fsp3) is 0. The van der Waals surface area contributed by atoms with E-state index in [4.69, 9.17) is 0 Å². The summed E-state index contributed by atoms with van der Waals surface area (Å²) in [7, 11) is 0. The summed E-state index contributed by atoms with van der Waals surface area (Å²) in [5.41, 5.74) is 3.33. The Morgan fingerprint density at radius 3 is 2.25 bits per heavy atom. The van der Waals surface area contributed by atoms with Gasteiger partial charge in [-0.05, 0) is 46.9 Å². The predicted molar refractivity (Wildman–Crippen MR) is 112 cm³/mol. The third kappa shape index (κ3) is 2.98. The zero-order valence-electron chi connectivity index (χ0n) is 12.8. The van der Waals surface area contributed by atoms with Gasteiger partial charge in [-0.1, -0.05) is 66.4 Å². The van der Waals surface area contributed by atoms with Gasteiger partial charge < -0.3 is 0 Å². The first-order chi connectivity index (χ1) is 11.8. The van der Waals surface area contributed by atoms with E-state index in [-0.39, 0.29) is 0 Å². The van der Waals surface area contributed by atoms with Crippen LogP contribution < -0.4 is 0 Å². The molecule has 0 saturated heterocycles. The number of thiophene rings is 1. The molecule has 24 heavy (non-hydrogen) atoms. The number of benzene rings is 3. The third-order valence-electron chi connectivity index (χ3n) is 3.82. The van der Waals surface area contributed by atoms with E-state index < -0.39 is 0 Å². The minimum Gasteiger partial charge on any atom is -0.134 e. The zero-order valence-corrected chi connectivity index (χ0v) is 15.8.